The minimum Gasteiger partial charge on any atom is -0.497 e. The van der Waals surface area contributed by atoms with Crippen molar-refractivity contribution in [2.75, 3.05) is 20.3 Å². The number of carbonyl (C=O) groups excluding carboxylic acids is 1. The van der Waals surface area contributed by atoms with Crippen molar-refractivity contribution in [3.8, 4) is 22.8 Å². The molecule has 10 heteroatoms. The molecule has 7 nitrogen and oxygen atoms in total. The Morgan fingerprint density at radius 3 is 2.50 bits per heavy atom. The number of rotatable bonds is 8. The van der Waals surface area contributed by atoms with Gasteiger partial charge in [0.25, 0.3) is 5.56 Å². The highest BCUT2D eigenvalue weighted by molar-refractivity contribution is 5.75. The van der Waals surface area contributed by atoms with E-state index in [1.165, 1.54) is 18.2 Å². The number of hydrogen-bond acceptors (Lipinski definition) is 5. The van der Waals surface area contributed by atoms with Crippen molar-refractivity contribution < 1.29 is 27.4 Å². The molecule has 1 N–H and O–H groups in total. The number of nitrogens with one attached hydrogen (secondary N) is 1. The second-order valence-corrected chi connectivity index (χ2v) is 6.67. The molecule has 1 aromatic heterocycles. The quantitative estimate of drug-likeness (QED) is 0.537. The van der Waals surface area contributed by atoms with E-state index in [1.807, 2.05) is 0 Å². The number of amides is 1. The first-order chi connectivity index (χ1) is 15.3. The molecule has 1 heterocycles. The molecule has 0 saturated carbocycles. The van der Waals surface area contributed by atoms with Gasteiger partial charge in [-0.05, 0) is 48.5 Å². The topological polar surface area (TPSA) is 82.5 Å². The fraction of sp³-hybridized carbons (Fsp3) is 0.227. The van der Waals surface area contributed by atoms with Gasteiger partial charge in [0.15, 0.2) is 0 Å². The number of hydrogen-bond donors (Lipinski definition) is 1. The van der Waals surface area contributed by atoms with Crippen LogP contribution in [0.1, 0.15) is 5.56 Å². The van der Waals surface area contributed by atoms with Crippen molar-refractivity contribution in [2.24, 2.45) is 0 Å². The van der Waals surface area contributed by atoms with Crippen LogP contribution in [0.3, 0.4) is 0 Å². The van der Waals surface area contributed by atoms with Crippen molar-refractivity contribution in [1.82, 2.24) is 15.1 Å². The van der Waals surface area contributed by atoms with Gasteiger partial charge in [-0.25, -0.2) is 4.68 Å². The molecule has 3 rings (SSSR count). The fourth-order valence-corrected chi connectivity index (χ4v) is 2.79. The zero-order valence-electron chi connectivity index (χ0n) is 17.1. The van der Waals surface area contributed by atoms with Crippen molar-refractivity contribution in [3.63, 3.8) is 0 Å². The molecule has 0 aliphatic rings. The lowest BCUT2D eigenvalue weighted by atomic mass is 10.1. The number of aromatic nitrogens is 2. The van der Waals surface area contributed by atoms with Crippen molar-refractivity contribution >= 4 is 5.91 Å². The highest BCUT2D eigenvalue weighted by atomic mass is 19.4. The number of halogens is 3. The summed E-state index contributed by atoms with van der Waals surface area (Å²) in [5.74, 6) is 0.229. The second kappa shape index (κ2) is 9.99. The van der Waals surface area contributed by atoms with Gasteiger partial charge in [0, 0.05) is 11.6 Å². The summed E-state index contributed by atoms with van der Waals surface area (Å²) >= 11 is 0. The summed E-state index contributed by atoms with van der Waals surface area (Å²) in [5, 5.41) is 6.76. The molecule has 0 aliphatic heterocycles. The molecule has 2 aromatic carbocycles. The normalized spacial score (nSPS) is 11.1. The van der Waals surface area contributed by atoms with E-state index >= 15 is 0 Å². The molecule has 3 aromatic rings. The van der Waals surface area contributed by atoms with Crippen LogP contribution < -0.4 is 20.3 Å². The Balaban J connectivity index is 1.54. The molecule has 168 valence electrons. The number of ether oxygens (including phenoxy) is 2. The van der Waals surface area contributed by atoms with Crippen LogP contribution >= 0.6 is 0 Å². The van der Waals surface area contributed by atoms with Crippen LogP contribution in [0.5, 0.6) is 11.5 Å². The van der Waals surface area contributed by atoms with Crippen molar-refractivity contribution in [3.05, 3.63) is 76.6 Å². The molecule has 0 fully saturated rings. The molecule has 1 amide bonds. The smallest absolute Gasteiger partial charge is 0.416 e. The van der Waals surface area contributed by atoms with Gasteiger partial charge >= 0.3 is 6.18 Å². The van der Waals surface area contributed by atoms with Crippen LogP contribution in [0.25, 0.3) is 11.3 Å². The summed E-state index contributed by atoms with van der Waals surface area (Å²) in [7, 11) is 1.55. The average Bonchev–Trinajstić information content (AvgIpc) is 2.78. The summed E-state index contributed by atoms with van der Waals surface area (Å²) in [6.07, 6.45) is -4.46. The predicted molar refractivity (Wildman–Crippen MR) is 110 cm³/mol. The van der Waals surface area contributed by atoms with E-state index in [0.717, 1.165) is 22.4 Å². The van der Waals surface area contributed by atoms with E-state index in [0.29, 0.717) is 11.4 Å². The minimum atomic E-state index is -4.46. The number of nitrogens with zero attached hydrogens (tertiary/aromatic N) is 2. The Bertz CT molecular complexity index is 1130. The largest absolute Gasteiger partial charge is 0.497 e. The average molecular weight is 447 g/mol. The van der Waals surface area contributed by atoms with E-state index in [9.17, 15) is 22.8 Å². The van der Waals surface area contributed by atoms with Gasteiger partial charge in [0.05, 0.1) is 24.9 Å². The summed E-state index contributed by atoms with van der Waals surface area (Å²) in [6.45, 7) is -0.310. The molecule has 32 heavy (non-hydrogen) atoms. The molecule has 0 atom stereocenters. The maximum atomic E-state index is 12.7. The number of carbonyl (C=O) groups is 1. The Hall–Kier alpha value is -3.82. The summed E-state index contributed by atoms with van der Waals surface area (Å²) in [4.78, 5) is 24.2. The monoisotopic (exact) mass is 447 g/mol. The first-order valence-corrected chi connectivity index (χ1v) is 9.55. The molecular weight excluding hydrogens is 427 g/mol. The molecule has 0 bridgehead atoms. The molecule has 0 aliphatic carbocycles. The SMILES string of the molecule is COc1ccc(-c2ccc(=O)n(CC(=O)NCCOc3cccc(C(F)(F)F)c3)n2)cc1. The first-order valence-electron chi connectivity index (χ1n) is 9.55. The predicted octanol–water partition coefficient (Wildman–Crippen LogP) is 3.13. The third-order valence-corrected chi connectivity index (χ3v) is 4.40. The maximum Gasteiger partial charge on any atom is 0.416 e. The zero-order chi connectivity index (χ0) is 23.1. The van der Waals surface area contributed by atoms with E-state index in [4.69, 9.17) is 9.47 Å². The molecular formula is C22H20F3N3O4. The van der Waals surface area contributed by atoms with Crippen LogP contribution in [-0.2, 0) is 17.5 Å². The lowest BCUT2D eigenvalue weighted by Gasteiger charge is -2.11. The molecule has 0 radical (unpaired) electrons. The highest BCUT2D eigenvalue weighted by Crippen LogP contribution is 2.31. The molecule has 0 saturated heterocycles. The molecule has 0 unspecified atom stereocenters. The Morgan fingerprint density at radius 1 is 1.06 bits per heavy atom. The van der Waals surface area contributed by atoms with Gasteiger partial charge < -0.3 is 14.8 Å². The lowest BCUT2D eigenvalue weighted by Crippen LogP contribution is -2.35. The van der Waals surface area contributed by atoms with Crippen LogP contribution in [0, 0.1) is 0 Å². The third kappa shape index (κ3) is 6.10. The van der Waals surface area contributed by atoms with Crippen LogP contribution in [0.15, 0.2) is 65.5 Å². The van der Waals surface area contributed by atoms with Crippen LogP contribution in [0.2, 0.25) is 0 Å². The van der Waals surface area contributed by atoms with Crippen LogP contribution in [0.4, 0.5) is 13.2 Å². The van der Waals surface area contributed by atoms with E-state index < -0.39 is 23.2 Å². The maximum absolute atomic E-state index is 12.7. The van der Waals surface area contributed by atoms with Gasteiger partial charge in [-0.3, -0.25) is 9.59 Å². The van der Waals surface area contributed by atoms with Gasteiger partial charge in [0.1, 0.15) is 24.7 Å². The number of benzene rings is 2. The lowest BCUT2D eigenvalue weighted by molar-refractivity contribution is -0.137. The number of alkyl halides is 3. The third-order valence-electron chi connectivity index (χ3n) is 4.40. The van der Waals surface area contributed by atoms with Crippen LogP contribution in [-0.4, -0.2) is 35.9 Å². The first kappa shape index (κ1) is 22.9. The second-order valence-electron chi connectivity index (χ2n) is 6.67. The van der Waals surface area contributed by atoms with Gasteiger partial charge in [0.2, 0.25) is 5.91 Å². The minimum absolute atomic E-state index is 0.0404. The fourth-order valence-electron chi connectivity index (χ4n) is 2.79. The Morgan fingerprint density at radius 2 is 1.81 bits per heavy atom. The zero-order valence-corrected chi connectivity index (χ0v) is 17.1. The van der Waals surface area contributed by atoms with Crippen molar-refractivity contribution in [1.29, 1.82) is 0 Å². The highest BCUT2D eigenvalue weighted by Gasteiger charge is 2.30. The Kier molecular flexibility index (Phi) is 7.14. The van der Waals surface area contributed by atoms with Gasteiger partial charge in [-0.1, -0.05) is 6.07 Å². The molecule has 0 spiro atoms. The summed E-state index contributed by atoms with van der Waals surface area (Å²) < 4.78 is 49.6. The number of methoxy groups -OCH3 is 1. The summed E-state index contributed by atoms with van der Waals surface area (Å²) in [6, 6.07) is 14.4. The summed E-state index contributed by atoms with van der Waals surface area (Å²) in [5.41, 5.74) is -0.0127. The Labute approximate surface area is 181 Å². The van der Waals surface area contributed by atoms with E-state index in [2.05, 4.69) is 10.4 Å². The van der Waals surface area contributed by atoms with Gasteiger partial charge in [-0.2, -0.15) is 18.3 Å². The standard InChI is InChI=1S/C22H20F3N3O4/c1-31-17-7-5-15(6-8-17)19-9-10-21(30)28(27-19)14-20(29)26-11-12-32-18-4-2-3-16(13-18)22(23,24)25/h2-10,13H,11-12,14H2,1H3,(H,26,29). The van der Waals surface area contributed by atoms with Gasteiger partial charge in [-0.15, -0.1) is 0 Å². The van der Waals surface area contributed by atoms with E-state index in [1.54, 1.807) is 37.4 Å². The van der Waals surface area contributed by atoms with Crippen molar-refractivity contribution in [2.45, 2.75) is 12.7 Å². The van der Waals surface area contributed by atoms with E-state index in [-0.39, 0.29) is 25.4 Å².